The Kier molecular flexibility index (Phi) is 9.12. The number of fused-ring (bicyclic) bond motifs is 7. The van der Waals surface area contributed by atoms with Gasteiger partial charge in [-0.15, -0.1) is 6.58 Å². The molecule has 10 heteroatoms. The zero-order chi connectivity index (χ0) is 37.5. The molecule has 0 radical (unpaired) electrons. The van der Waals surface area contributed by atoms with Crippen LogP contribution in [-0.4, -0.2) is 52.6 Å². The van der Waals surface area contributed by atoms with Crippen molar-refractivity contribution in [2.45, 2.75) is 126 Å². The van der Waals surface area contributed by atoms with Crippen molar-refractivity contribution >= 4 is 23.5 Å². The summed E-state index contributed by atoms with van der Waals surface area (Å²) in [5, 5.41) is 10.3. The Labute approximate surface area is 301 Å². The number of carbonyl (C=O) groups is 4. The van der Waals surface area contributed by atoms with Crippen molar-refractivity contribution in [1.82, 2.24) is 4.90 Å². The van der Waals surface area contributed by atoms with E-state index in [1.54, 1.807) is 19.9 Å². The molecule has 0 aromatic carbocycles. The highest BCUT2D eigenvalue weighted by Gasteiger charge is 2.72. The third-order valence-electron chi connectivity index (χ3n) is 15.6. The fourth-order valence-electron chi connectivity index (χ4n) is 12.4. The number of carbonyl (C=O) groups excluding carboxylic acids is 3. The average Bonchev–Trinajstić information content (AvgIpc) is 3.37. The van der Waals surface area contributed by atoms with Crippen LogP contribution in [0, 0.1) is 57.2 Å². The number of esters is 1. The number of hydrogen-bond acceptors (Lipinski definition) is 9. The van der Waals surface area contributed by atoms with E-state index in [0.29, 0.717) is 38.6 Å². The van der Waals surface area contributed by atoms with Crippen LogP contribution in [0.2, 0.25) is 0 Å². The third-order valence-corrected chi connectivity index (χ3v) is 15.6. The number of aryl methyl sites for hydroxylation is 1. The molecule has 4 saturated carbocycles. The largest absolute Gasteiger partial charge is 0.519 e. The zero-order valence-corrected chi connectivity index (χ0v) is 31.8. The summed E-state index contributed by atoms with van der Waals surface area (Å²) in [6.45, 7) is 20.3. The van der Waals surface area contributed by atoms with E-state index in [2.05, 4.69) is 34.3 Å². The van der Waals surface area contributed by atoms with Gasteiger partial charge in [-0.3, -0.25) is 24.1 Å². The number of allylic oxidation sites excluding steroid dienone is 2. The molecule has 1 aromatic heterocycles. The monoisotopic (exact) mass is 707 g/mol. The van der Waals surface area contributed by atoms with Crippen LogP contribution in [-0.2, 0) is 30.5 Å². The normalized spacial score (nSPS) is 41.7. The molecule has 10 nitrogen and oxygen atoms in total. The van der Waals surface area contributed by atoms with Crippen LogP contribution in [0.4, 0.5) is 0 Å². The SMILES string of the molecule is C=CCN(CC(C)=O)[C@H]1CC[C@@]2(C)[C@@H](CC[C@]3(C)[C@@H]2C(=O)C=C2[C@@H]4C[C@@](C)(C(=O)O)CC[C@]4(C)CC[C@]23C)[C@]1(C)C(=O)OCc1oc(=O)oc1C. The minimum absolute atomic E-state index is 0.0137. The second-order valence-electron chi connectivity index (χ2n) is 18.3. The van der Waals surface area contributed by atoms with Crippen molar-refractivity contribution in [3.63, 3.8) is 0 Å². The Hall–Kier alpha value is -3.27. The van der Waals surface area contributed by atoms with E-state index in [-0.39, 0.29) is 70.9 Å². The van der Waals surface area contributed by atoms with Gasteiger partial charge in [0.05, 0.1) is 17.4 Å². The zero-order valence-electron chi connectivity index (χ0n) is 31.8. The van der Waals surface area contributed by atoms with Crippen molar-refractivity contribution in [2.75, 3.05) is 13.1 Å². The Morgan fingerprint density at radius 1 is 1.00 bits per heavy atom. The topological polar surface area (TPSA) is 144 Å². The number of carboxylic acid groups (broad SMARTS) is 1. The molecule has 0 saturated heterocycles. The number of ether oxygens (including phenoxy) is 1. The first-order valence-corrected chi connectivity index (χ1v) is 18.8. The second-order valence-corrected chi connectivity index (χ2v) is 18.3. The lowest BCUT2D eigenvalue weighted by Gasteiger charge is -2.70. The Balaban J connectivity index is 1.43. The average molecular weight is 708 g/mol. The lowest BCUT2D eigenvalue weighted by atomic mass is 9.33. The molecule has 1 N–H and O–H groups in total. The predicted octanol–water partition coefficient (Wildman–Crippen LogP) is 7.08. The molecule has 0 aliphatic heterocycles. The van der Waals surface area contributed by atoms with Crippen molar-refractivity contribution in [2.24, 2.45) is 50.2 Å². The van der Waals surface area contributed by atoms with E-state index < -0.39 is 39.4 Å². The molecule has 0 unspecified atom stereocenters. The standard InChI is InChI=1S/C41H57NO9/c1-10-19-42(22-24(2)43)31-12-13-38(6)30(41(31,9)34(47)49-23-29-25(3)50-35(48)51-29)11-14-40(8)32(38)28(44)20-26-27-21-37(5,33(45)46)16-15-36(27,4)17-18-39(26,40)7/h10,20,27,30-32H,1,11-19,21-23H2,2-9H3,(H,45,46)/t27-,30+,31-,32+,36+,37-,38-,39+,40+,41-/m0/s1. The minimum Gasteiger partial charge on any atom is -0.481 e. The van der Waals surface area contributed by atoms with Crippen LogP contribution < -0.4 is 5.82 Å². The summed E-state index contributed by atoms with van der Waals surface area (Å²) in [5.74, 6) is -2.23. The lowest BCUT2D eigenvalue weighted by molar-refractivity contribution is -0.212. The minimum atomic E-state index is -1.12. The predicted molar refractivity (Wildman–Crippen MR) is 189 cm³/mol. The highest BCUT2D eigenvalue weighted by molar-refractivity contribution is 5.96. The summed E-state index contributed by atoms with van der Waals surface area (Å²) in [6.07, 6.45) is 10.2. The van der Waals surface area contributed by atoms with Gasteiger partial charge < -0.3 is 18.7 Å². The number of carboxylic acids is 1. The van der Waals surface area contributed by atoms with Gasteiger partial charge in [0.1, 0.15) is 5.78 Å². The van der Waals surface area contributed by atoms with Gasteiger partial charge in [0.2, 0.25) is 0 Å². The quantitative estimate of drug-likeness (QED) is 0.209. The van der Waals surface area contributed by atoms with Crippen LogP contribution >= 0.6 is 0 Å². The molecule has 4 fully saturated rings. The molecule has 0 bridgehead atoms. The van der Waals surface area contributed by atoms with Crippen LogP contribution in [0.25, 0.3) is 0 Å². The summed E-state index contributed by atoms with van der Waals surface area (Å²) < 4.78 is 16.2. The van der Waals surface area contributed by atoms with Gasteiger partial charge in [-0.2, -0.15) is 0 Å². The van der Waals surface area contributed by atoms with E-state index in [1.807, 2.05) is 24.8 Å². The van der Waals surface area contributed by atoms with Crippen LogP contribution in [0.15, 0.2) is 37.9 Å². The molecule has 5 aliphatic rings. The number of nitrogens with zero attached hydrogens (tertiary/aromatic N) is 1. The molecule has 1 aromatic rings. The van der Waals surface area contributed by atoms with Gasteiger partial charge in [0.25, 0.3) is 0 Å². The summed E-state index contributed by atoms with van der Waals surface area (Å²) >= 11 is 0. The Morgan fingerprint density at radius 3 is 2.29 bits per heavy atom. The van der Waals surface area contributed by atoms with Crippen LogP contribution in [0.1, 0.15) is 118 Å². The van der Waals surface area contributed by atoms with E-state index in [9.17, 15) is 29.1 Å². The molecule has 0 spiro atoms. The third kappa shape index (κ3) is 5.47. The van der Waals surface area contributed by atoms with Crippen LogP contribution in [0.3, 0.4) is 0 Å². The maximum absolute atomic E-state index is 14.9. The smallest absolute Gasteiger partial charge is 0.481 e. The maximum atomic E-state index is 14.9. The lowest BCUT2D eigenvalue weighted by Crippen LogP contribution is -2.69. The summed E-state index contributed by atoms with van der Waals surface area (Å²) in [4.78, 5) is 68.5. The van der Waals surface area contributed by atoms with Gasteiger partial charge in [-0.1, -0.05) is 39.3 Å². The van der Waals surface area contributed by atoms with E-state index in [4.69, 9.17) is 13.6 Å². The fourth-order valence-corrected chi connectivity index (χ4v) is 12.4. The summed E-state index contributed by atoms with van der Waals surface area (Å²) in [5.41, 5.74) is -2.15. The second kappa shape index (κ2) is 12.4. The molecule has 10 atom stereocenters. The molecule has 6 rings (SSSR count). The Morgan fingerprint density at radius 2 is 1.69 bits per heavy atom. The van der Waals surface area contributed by atoms with E-state index in [0.717, 1.165) is 31.3 Å². The molecular weight excluding hydrogens is 650 g/mol. The molecular formula is C41H57NO9. The first-order chi connectivity index (χ1) is 23.7. The first kappa shape index (κ1) is 37.5. The van der Waals surface area contributed by atoms with Gasteiger partial charge in [0.15, 0.2) is 23.9 Å². The molecule has 280 valence electrons. The van der Waals surface area contributed by atoms with Crippen molar-refractivity contribution in [1.29, 1.82) is 0 Å². The van der Waals surface area contributed by atoms with Gasteiger partial charge in [-0.05, 0) is 125 Å². The molecule has 1 heterocycles. The highest BCUT2D eigenvalue weighted by Crippen LogP contribution is 2.75. The number of aliphatic carboxylic acids is 1. The van der Waals surface area contributed by atoms with Gasteiger partial charge in [0, 0.05) is 18.5 Å². The number of rotatable bonds is 9. The first-order valence-electron chi connectivity index (χ1n) is 18.8. The number of Topliss-reactive ketones (excluding diaryl/α,β-unsaturated/α-hetero) is 1. The molecule has 51 heavy (non-hydrogen) atoms. The van der Waals surface area contributed by atoms with E-state index >= 15 is 0 Å². The van der Waals surface area contributed by atoms with Gasteiger partial charge >= 0.3 is 17.8 Å². The van der Waals surface area contributed by atoms with Crippen molar-refractivity contribution < 1.29 is 37.9 Å². The van der Waals surface area contributed by atoms with Crippen molar-refractivity contribution in [3.05, 3.63) is 46.4 Å². The summed E-state index contributed by atoms with van der Waals surface area (Å²) in [6, 6.07) is -0.363. The fraction of sp³-hybridized carbons (Fsp3) is 0.732. The molecule has 5 aliphatic carbocycles. The molecule has 0 amide bonds. The number of ketones is 2. The van der Waals surface area contributed by atoms with E-state index in [1.165, 1.54) is 0 Å². The highest BCUT2D eigenvalue weighted by atomic mass is 16.6. The van der Waals surface area contributed by atoms with Gasteiger partial charge in [-0.25, -0.2) is 4.79 Å². The van der Waals surface area contributed by atoms with Crippen molar-refractivity contribution in [3.8, 4) is 0 Å². The summed E-state index contributed by atoms with van der Waals surface area (Å²) in [7, 11) is 0. The Bertz CT molecular complexity index is 1740. The number of hydrogen-bond donors (Lipinski definition) is 1. The van der Waals surface area contributed by atoms with Crippen LogP contribution in [0.5, 0.6) is 0 Å². The maximum Gasteiger partial charge on any atom is 0.519 e.